The fraction of sp³-hybridized carbons (Fsp3) is 0.500. The van der Waals surface area contributed by atoms with Crippen LogP contribution in [0.3, 0.4) is 0 Å². The molecule has 0 unspecified atom stereocenters. The van der Waals surface area contributed by atoms with Crippen LogP contribution >= 0.6 is 12.4 Å². The van der Waals surface area contributed by atoms with Crippen molar-refractivity contribution in [2.45, 2.75) is 32.9 Å². The third-order valence-electron chi connectivity index (χ3n) is 2.41. The second kappa shape index (κ2) is 5.50. The molecule has 0 fully saturated rings. The molecule has 0 spiro atoms. The third-order valence-corrected chi connectivity index (χ3v) is 2.41. The molecule has 0 heterocycles. The van der Waals surface area contributed by atoms with Gasteiger partial charge < -0.3 is 10.8 Å². The highest BCUT2D eigenvalue weighted by Crippen LogP contribution is 2.28. The lowest BCUT2D eigenvalue weighted by Crippen LogP contribution is -2.36. The molecule has 0 saturated heterocycles. The predicted octanol–water partition coefficient (Wildman–Crippen LogP) is 2.52. The summed E-state index contributed by atoms with van der Waals surface area (Å²) in [4.78, 5) is 0. The topological polar surface area (TPSA) is 46.2 Å². The minimum atomic E-state index is -0.523. The molecule has 0 aliphatic carbocycles. The molecule has 1 rings (SSSR count). The van der Waals surface area contributed by atoms with E-state index in [1.807, 2.05) is 51.1 Å². The van der Waals surface area contributed by atoms with Crippen LogP contribution in [-0.2, 0) is 0 Å². The van der Waals surface area contributed by atoms with Crippen LogP contribution in [0.5, 0.6) is 0 Å². The van der Waals surface area contributed by atoms with E-state index in [9.17, 15) is 5.11 Å². The van der Waals surface area contributed by atoms with Crippen LogP contribution in [0.15, 0.2) is 30.3 Å². The number of nitrogens with two attached hydrogens (primary N) is 1. The van der Waals surface area contributed by atoms with Crippen LogP contribution in [-0.4, -0.2) is 11.2 Å². The van der Waals surface area contributed by atoms with E-state index in [1.165, 1.54) is 0 Å². The zero-order valence-corrected chi connectivity index (χ0v) is 10.3. The fourth-order valence-electron chi connectivity index (χ4n) is 1.40. The highest BCUT2D eigenvalue weighted by atomic mass is 35.5. The third kappa shape index (κ3) is 3.82. The van der Waals surface area contributed by atoms with Gasteiger partial charge in [0, 0.05) is 0 Å². The monoisotopic (exact) mass is 229 g/mol. The molecule has 0 aromatic heterocycles. The summed E-state index contributed by atoms with van der Waals surface area (Å²) in [5, 5.41) is 9.98. The first kappa shape index (κ1) is 14.4. The predicted molar refractivity (Wildman–Crippen MR) is 66.1 cm³/mol. The SMILES string of the molecule is CC(C)(C)[C@H](O)[C@H](N)c1ccccc1.Cl. The molecule has 0 bridgehead atoms. The second-order valence-electron chi connectivity index (χ2n) is 4.75. The van der Waals surface area contributed by atoms with Crippen LogP contribution in [0.4, 0.5) is 0 Å². The Hall–Kier alpha value is -0.570. The summed E-state index contributed by atoms with van der Waals surface area (Å²) in [6, 6.07) is 9.39. The van der Waals surface area contributed by atoms with Gasteiger partial charge in [-0.05, 0) is 11.0 Å². The van der Waals surface area contributed by atoms with Crippen molar-refractivity contribution in [3.63, 3.8) is 0 Å². The Bertz CT molecular complexity index is 281. The Morgan fingerprint density at radius 1 is 1.13 bits per heavy atom. The van der Waals surface area contributed by atoms with Crippen molar-refractivity contribution < 1.29 is 5.11 Å². The number of benzene rings is 1. The summed E-state index contributed by atoms with van der Waals surface area (Å²) in [6.45, 7) is 5.96. The molecule has 2 nitrogen and oxygen atoms in total. The maximum Gasteiger partial charge on any atom is 0.0780 e. The van der Waals surface area contributed by atoms with Gasteiger partial charge in [0.05, 0.1) is 12.1 Å². The molecule has 1 aromatic carbocycles. The van der Waals surface area contributed by atoms with E-state index in [0.717, 1.165) is 5.56 Å². The smallest absolute Gasteiger partial charge is 0.0780 e. The van der Waals surface area contributed by atoms with E-state index in [2.05, 4.69) is 0 Å². The molecule has 0 amide bonds. The van der Waals surface area contributed by atoms with Gasteiger partial charge in [0.1, 0.15) is 0 Å². The Balaban J connectivity index is 0.00000196. The fourth-order valence-corrected chi connectivity index (χ4v) is 1.40. The van der Waals surface area contributed by atoms with Gasteiger partial charge in [-0.2, -0.15) is 0 Å². The average Bonchev–Trinajstić information content (AvgIpc) is 2.15. The Morgan fingerprint density at radius 2 is 1.60 bits per heavy atom. The normalized spacial score (nSPS) is 15.3. The van der Waals surface area contributed by atoms with Crippen molar-refractivity contribution in [2.75, 3.05) is 0 Å². The molecule has 3 N–H and O–H groups in total. The number of rotatable bonds is 2. The minimum absolute atomic E-state index is 0. The van der Waals surface area contributed by atoms with E-state index in [-0.39, 0.29) is 23.9 Å². The summed E-state index contributed by atoms with van der Waals surface area (Å²) < 4.78 is 0. The van der Waals surface area contributed by atoms with E-state index < -0.39 is 6.10 Å². The molecule has 86 valence electrons. The lowest BCUT2D eigenvalue weighted by molar-refractivity contribution is 0.0401. The highest BCUT2D eigenvalue weighted by molar-refractivity contribution is 5.85. The van der Waals surface area contributed by atoms with Crippen molar-refractivity contribution >= 4 is 12.4 Å². The first-order valence-corrected chi connectivity index (χ1v) is 4.91. The lowest BCUT2D eigenvalue weighted by Gasteiger charge is -2.30. The van der Waals surface area contributed by atoms with Crippen LogP contribution < -0.4 is 5.73 Å². The summed E-state index contributed by atoms with van der Waals surface area (Å²) in [7, 11) is 0. The molecule has 0 saturated carbocycles. The van der Waals surface area contributed by atoms with Gasteiger partial charge in [-0.25, -0.2) is 0 Å². The van der Waals surface area contributed by atoms with Gasteiger partial charge >= 0.3 is 0 Å². The first-order chi connectivity index (χ1) is 6.43. The first-order valence-electron chi connectivity index (χ1n) is 4.91. The Labute approximate surface area is 97.9 Å². The zero-order valence-electron chi connectivity index (χ0n) is 9.47. The second-order valence-corrected chi connectivity index (χ2v) is 4.75. The van der Waals surface area contributed by atoms with Crippen molar-refractivity contribution in [3.05, 3.63) is 35.9 Å². The highest BCUT2D eigenvalue weighted by Gasteiger charge is 2.28. The van der Waals surface area contributed by atoms with Crippen molar-refractivity contribution in [1.82, 2.24) is 0 Å². The molecular weight excluding hydrogens is 210 g/mol. The maximum atomic E-state index is 9.98. The molecule has 2 atom stereocenters. The van der Waals surface area contributed by atoms with Crippen LogP contribution in [0.1, 0.15) is 32.4 Å². The summed E-state index contributed by atoms with van der Waals surface area (Å²) in [5.41, 5.74) is 6.77. The number of halogens is 1. The quantitative estimate of drug-likeness (QED) is 0.819. The largest absolute Gasteiger partial charge is 0.391 e. The van der Waals surface area contributed by atoms with Gasteiger partial charge in [-0.1, -0.05) is 51.1 Å². The van der Waals surface area contributed by atoms with Gasteiger partial charge in [0.25, 0.3) is 0 Å². The number of hydrogen-bond acceptors (Lipinski definition) is 2. The van der Waals surface area contributed by atoms with Gasteiger partial charge in [-0.3, -0.25) is 0 Å². The van der Waals surface area contributed by atoms with Crippen molar-refractivity contribution in [1.29, 1.82) is 0 Å². The Kier molecular flexibility index (Phi) is 5.29. The lowest BCUT2D eigenvalue weighted by atomic mass is 9.82. The van der Waals surface area contributed by atoms with Gasteiger partial charge in [0.15, 0.2) is 0 Å². The van der Waals surface area contributed by atoms with E-state index in [4.69, 9.17) is 5.73 Å². The summed E-state index contributed by atoms with van der Waals surface area (Å²) >= 11 is 0. The van der Waals surface area contributed by atoms with E-state index in [0.29, 0.717) is 0 Å². The molecule has 1 aromatic rings. The zero-order chi connectivity index (χ0) is 10.8. The summed E-state index contributed by atoms with van der Waals surface area (Å²) in [6.07, 6.45) is -0.523. The molecule has 0 radical (unpaired) electrons. The van der Waals surface area contributed by atoms with Gasteiger partial charge in [-0.15, -0.1) is 12.4 Å². The standard InChI is InChI=1S/C12H19NO.ClH/c1-12(2,3)11(14)10(13)9-7-5-4-6-8-9;/h4-8,10-11,14H,13H2,1-3H3;1H/t10-,11-;/m1./s1. The van der Waals surface area contributed by atoms with Gasteiger partial charge in [0.2, 0.25) is 0 Å². The molecule has 15 heavy (non-hydrogen) atoms. The molecular formula is C12H20ClNO. The van der Waals surface area contributed by atoms with Crippen molar-refractivity contribution in [3.8, 4) is 0 Å². The number of aliphatic hydroxyl groups is 1. The average molecular weight is 230 g/mol. The van der Waals surface area contributed by atoms with Crippen LogP contribution in [0.25, 0.3) is 0 Å². The van der Waals surface area contributed by atoms with Crippen LogP contribution in [0.2, 0.25) is 0 Å². The van der Waals surface area contributed by atoms with E-state index in [1.54, 1.807) is 0 Å². The summed E-state index contributed by atoms with van der Waals surface area (Å²) in [5.74, 6) is 0. The van der Waals surface area contributed by atoms with Crippen molar-refractivity contribution in [2.24, 2.45) is 11.1 Å². The molecule has 0 aliphatic heterocycles. The Morgan fingerprint density at radius 3 is 2.00 bits per heavy atom. The number of hydrogen-bond donors (Lipinski definition) is 2. The maximum absolute atomic E-state index is 9.98. The molecule has 3 heteroatoms. The van der Waals surface area contributed by atoms with Crippen LogP contribution in [0, 0.1) is 5.41 Å². The molecule has 0 aliphatic rings. The number of aliphatic hydroxyl groups excluding tert-OH is 1. The van der Waals surface area contributed by atoms with E-state index >= 15 is 0 Å². The minimum Gasteiger partial charge on any atom is -0.391 e.